The van der Waals surface area contributed by atoms with Gasteiger partial charge in [-0.25, -0.2) is 0 Å². The minimum absolute atomic E-state index is 0.165. The number of carboxylic acid groups (broad SMARTS) is 1. The van der Waals surface area contributed by atoms with Crippen molar-refractivity contribution in [1.82, 2.24) is 0 Å². The van der Waals surface area contributed by atoms with Gasteiger partial charge < -0.3 is 9.84 Å². The molecule has 0 aromatic carbocycles. The van der Waals surface area contributed by atoms with Crippen molar-refractivity contribution in [2.24, 2.45) is 5.92 Å². The molecule has 0 aliphatic carbocycles. The predicted octanol–water partition coefficient (Wildman–Crippen LogP) is 1.26. The first-order valence-electron chi connectivity index (χ1n) is 4.66. The van der Waals surface area contributed by atoms with Crippen LogP contribution < -0.4 is 0 Å². The highest BCUT2D eigenvalue weighted by molar-refractivity contribution is 5.97. The van der Waals surface area contributed by atoms with Crippen molar-refractivity contribution in [3.05, 3.63) is 0 Å². The van der Waals surface area contributed by atoms with Gasteiger partial charge in [0.15, 0.2) is 0 Å². The largest absolute Gasteiger partial charge is 0.481 e. The molecule has 0 aromatic heterocycles. The lowest BCUT2D eigenvalue weighted by atomic mass is 10.1. The summed E-state index contributed by atoms with van der Waals surface area (Å²) >= 11 is 0. The van der Waals surface area contributed by atoms with E-state index in [0.29, 0.717) is 6.42 Å². The highest BCUT2D eigenvalue weighted by Gasteiger charge is 2.16. The third kappa shape index (κ3) is 10.5. The summed E-state index contributed by atoms with van der Waals surface area (Å²) in [5, 5.41) is 7.91. The number of carbonyl (C=O) groups excluding carboxylic acids is 2. The van der Waals surface area contributed by atoms with E-state index in [0.717, 1.165) is 6.42 Å². The number of methoxy groups -OCH3 is 1. The highest BCUT2D eigenvalue weighted by Crippen LogP contribution is 1.97. The average molecular weight is 218 g/mol. The molecule has 15 heavy (non-hydrogen) atoms. The quantitative estimate of drug-likeness (QED) is 0.567. The van der Waals surface area contributed by atoms with Gasteiger partial charge in [0.1, 0.15) is 11.7 Å². The van der Waals surface area contributed by atoms with Crippen LogP contribution in [0.4, 0.5) is 0 Å². The van der Waals surface area contributed by atoms with Gasteiger partial charge >= 0.3 is 11.9 Å². The normalized spacial score (nSPS) is 10.7. The Morgan fingerprint density at radius 2 is 1.80 bits per heavy atom. The first-order chi connectivity index (χ1) is 6.86. The molecule has 0 spiro atoms. The smallest absolute Gasteiger partial charge is 0.315 e. The molecule has 5 heteroatoms. The van der Waals surface area contributed by atoms with E-state index in [4.69, 9.17) is 5.11 Å². The second kappa shape index (κ2) is 9.18. The molecule has 0 heterocycles. The number of carbonyl (C=O) groups is 3. The summed E-state index contributed by atoms with van der Waals surface area (Å²) in [5.74, 6) is -1.96. The molecule has 1 unspecified atom stereocenters. The van der Waals surface area contributed by atoms with Gasteiger partial charge in [-0.05, 0) is 20.3 Å². The summed E-state index contributed by atoms with van der Waals surface area (Å²) in [6.45, 7) is 4.73. The third-order valence-electron chi connectivity index (χ3n) is 1.63. The lowest BCUT2D eigenvalue weighted by molar-refractivity contribution is -0.148. The fourth-order valence-corrected chi connectivity index (χ4v) is 0.557. The Kier molecular flexibility index (Phi) is 9.82. The molecule has 0 aliphatic heterocycles. The SMILES string of the molecule is CCCC(=O)O.COC(=O)C(C)C(C)=O. The topological polar surface area (TPSA) is 80.7 Å². The highest BCUT2D eigenvalue weighted by atomic mass is 16.5. The zero-order valence-electron chi connectivity index (χ0n) is 9.57. The summed E-state index contributed by atoms with van der Waals surface area (Å²) in [5.41, 5.74) is 0. The van der Waals surface area contributed by atoms with Crippen LogP contribution in [0.3, 0.4) is 0 Å². The summed E-state index contributed by atoms with van der Waals surface area (Å²) in [6.07, 6.45) is 1.02. The Morgan fingerprint density at radius 1 is 1.33 bits per heavy atom. The number of hydrogen-bond donors (Lipinski definition) is 1. The molecule has 0 saturated carbocycles. The zero-order valence-corrected chi connectivity index (χ0v) is 9.57. The predicted molar refractivity (Wildman–Crippen MR) is 54.4 cm³/mol. The fourth-order valence-electron chi connectivity index (χ4n) is 0.557. The van der Waals surface area contributed by atoms with Gasteiger partial charge in [-0.3, -0.25) is 14.4 Å². The minimum atomic E-state index is -0.711. The van der Waals surface area contributed by atoms with Crippen molar-refractivity contribution >= 4 is 17.7 Å². The molecule has 0 radical (unpaired) electrons. The van der Waals surface area contributed by atoms with E-state index < -0.39 is 17.9 Å². The summed E-state index contributed by atoms with van der Waals surface area (Å²) in [4.78, 5) is 30.6. The van der Waals surface area contributed by atoms with E-state index in [1.165, 1.54) is 21.0 Å². The van der Waals surface area contributed by atoms with Crippen LogP contribution in [0.2, 0.25) is 0 Å². The van der Waals surface area contributed by atoms with E-state index in [1.54, 1.807) is 0 Å². The lowest BCUT2D eigenvalue weighted by Gasteiger charge is -2.02. The number of ether oxygens (including phenoxy) is 1. The maximum Gasteiger partial charge on any atom is 0.315 e. The van der Waals surface area contributed by atoms with E-state index in [-0.39, 0.29) is 5.78 Å². The zero-order chi connectivity index (χ0) is 12.4. The van der Waals surface area contributed by atoms with Crippen LogP contribution in [-0.4, -0.2) is 29.9 Å². The van der Waals surface area contributed by atoms with Crippen molar-refractivity contribution in [2.75, 3.05) is 7.11 Å². The molecule has 1 atom stereocenters. The maximum atomic E-state index is 10.5. The van der Waals surface area contributed by atoms with E-state index in [2.05, 4.69) is 4.74 Å². The maximum absolute atomic E-state index is 10.5. The van der Waals surface area contributed by atoms with Crippen LogP contribution in [-0.2, 0) is 19.1 Å². The van der Waals surface area contributed by atoms with Crippen molar-refractivity contribution in [2.45, 2.75) is 33.6 Å². The summed E-state index contributed by atoms with van der Waals surface area (Å²) in [7, 11) is 1.27. The molecule has 0 rings (SSSR count). The number of Topliss-reactive ketones (excluding diaryl/α,β-unsaturated/α-hetero) is 1. The van der Waals surface area contributed by atoms with Crippen LogP contribution in [0, 0.1) is 5.92 Å². The second-order valence-corrected chi connectivity index (χ2v) is 3.00. The Morgan fingerprint density at radius 3 is 1.87 bits per heavy atom. The Bertz CT molecular complexity index is 222. The number of hydrogen-bond acceptors (Lipinski definition) is 4. The van der Waals surface area contributed by atoms with Crippen LogP contribution in [0.5, 0.6) is 0 Å². The van der Waals surface area contributed by atoms with Crippen LogP contribution in [0.25, 0.3) is 0 Å². The van der Waals surface area contributed by atoms with E-state index >= 15 is 0 Å². The van der Waals surface area contributed by atoms with Crippen LogP contribution in [0.1, 0.15) is 33.6 Å². The summed E-state index contributed by atoms with van der Waals surface area (Å²) in [6, 6.07) is 0. The minimum Gasteiger partial charge on any atom is -0.481 e. The second-order valence-electron chi connectivity index (χ2n) is 3.00. The molecular formula is C10H18O5. The number of ketones is 1. The molecule has 0 amide bonds. The lowest BCUT2D eigenvalue weighted by Crippen LogP contribution is -2.19. The number of aliphatic carboxylic acids is 1. The third-order valence-corrected chi connectivity index (χ3v) is 1.63. The summed E-state index contributed by atoms with van der Waals surface area (Å²) < 4.78 is 4.31. The van der Waals surface area contributed by atoms with Crippen LogP contribution >= 0.6 is 0 Å². The molecule has 1 N–H and O–H groups in total. The van der Waals surface area contributed by atoms with Crippen molar-refractivity contribution in [3.63, 3.8) is 0 Å². The number of rotatable bonds is 4. The van der Waals surface area contributed by atoms with E-state index in [9.17, 15) is 14.4 Å². The van der Waals surface area contributed by atoms with Gasteiger partial charge in [0.05, 0.1) is 7.11 Å². The molecule has 0 aromatic rings. The molecular weight excluding hydrogens is 200 g/mol. The number of esters is 1. The van der Waals surface area contributed by atoms with E-state index in [1.807, 2.05) is 6.92 Å². The standard InChI is InChI=1S/C6H10O3.C4H8O2/c1-4(5(2)7)6(8)9-3;1-2-3-4(5)6/h4H,1-3H3;2-3H2,1H3,(H,5,6). The first kappa shape index (κ1) is 16.1. The molecule has 5 nitrogen and oxygen atoms in total. The van der Waals surface area contributed by atoms with Crippen molar-refractivity contribution in [1.29, 1.82) is 0 Å². The van der Waals surface area contributed by atoms with Gasteiger partial charge in [0, 0.05) is 6.42 Å². The molecule has 0 saturated heterocycles. The first-order valence-corrected chi connectivity index (χ1v) is 4.66. The van der Waals surface area contributed by atoms with Gasteiger partial charge in [-0.15, -0.1) is 0 Å². The fraction of sp³-hybridized carbons (Fsp3) is 0.700. The van der Waals surface area contributed by atoms with Gasteiger partial charge in [0.25, 0.3) is 0 Å². The Balaban J connectivity index is 0. The van der Waals surface area contributed by atoms with Crippen molar-refractivity contribution in [3.8, 4) is 0 Å². The molecule has 0 aliphatic rings. The molecule has 0 bridgehead atoms. The Hall–Kier alpha value is -1.39. The Labute approximate surface area is 89.4 Å². The molecule has 0 fully saturated rings. The van der Waals surface area contributed by atoms with Gasteiger partial charge in [-0.1, -0.05) is 6.92 Å². The average Bonchev–Trinajstić information content (AvgIpc) is 2.16. The van der Waals surface area contributed by atoms with Gasteiger partial charge in [0.2, 0.25) is 0 Å². The van der Waals surface area contributed by atoms with Crippen LogP contribution in [0.15, 0.2) is 0 Å². The molecule has 88 valence electrons. The van der Waals surface area contributed by atoms with Crippen molar-refractivity contribution < 1.29 is 24.2 Å². The monoisotopic (exact) mass is 218 g/mol. The number of carboxylic acids is 1. The van der Waals surface area contributed by atoms with Gasteiger partial charge in [-0.2, -0.15) is 0 Å².